The predicted octanol–water partition coefficient (Wildman–Crippen LogP) is 3.13. The number of nitrogens with one attached hydrogen (secondary N) is 1. The Morgan fingerprint density at radius 3 is 2.65 bits per heavy atom. The van der Waals surface area contributed by atoms with Crippen molar-refractivity contribution < 1.29 is 9.47 Å². The summed E-state index contributed by atoms with van der Waals surface area (Å²) in [5.74, 6) is 0.526. The average molecular weight is 279 g/mol. The van der Waals surface area contributed by atoms with Crippen molar-refractivity contribution in [3.8, 4) is 0 Å². The zero-order valence-electron chi connectivity index (χ0n) is 13.2. The largest absolute Gasteiger partial charge is 0.385 e. The molecule has 0 bridgehead atoms. The van der Waals surface area contributed by atoms with Crippen LogP contribution in [-0.2, 0) is 9.47 Å². The summed E-state index contributed by atoms with van der Waals surface area (Å²) in [6, 6.07) is 8.65. The first-order valence-corrected chi connectivity index (χ1v) is 7.62. The van der Waals surface area contributed by atoms with Gasteiger partial charge in [0, 0.05) is 33.5 Å². The molecule has 0 saturated heterocycles. The molecule has 0 aliphatic carbocycles. The van der Waals surface area contributed by atoms with Gasteiger partial charge < -0.3 is 14.8 Å². The summed E-state index contributed by atoms with van der Waals surface area (Å²) in [5.41, 5.74) is 2.81. The van der Waals surface area contributed by atoms with Crippen molar-refractivity contribution in [1.29, 1.82) is 0 Å². The molecule has 0 fully saturated rings. The van der Waals surface area contributed by atoms with Crippen LogP contribution in [0, 0.1) is 6.92 Å². The lowest BCUT2D eigenvalue weighted by molar-refractivity contribution is 0.0980. The van der Waals surface area contributed by atoms with Gasteiger partial charge in [-0.25, -0.2) is 0 Å². The molecule has 0 aliphatic rings. The average Bonchev–Trinajstić information content (AvgIpc) is 2.47. The van der Waals surface area contributed by atoms with Gasteiger partial charge in [0.25, 0.3) is 0 Å². The molecule has 1 aromatic rings. The summed E-state index contributed by atoms with van der Waals surface area (Å²) in [4.78, 5) is 0. The van der Waals surface area contributed by atoms with E-state index in [0.29, 0.717) is 5.92 Å². The van der Waals surface area contributed by atoms with E-state index < -0.39 is 0 Å². The highest BCUT2D eigenvalue weighted by molar-refractivity contribution is 5.29. The van der Waals surface area contributed by atoms with Crippen LogP contribution in [0.3, 0.4) is 0 Å². The van der Waals surface area contributed by atoms with E-state index in [1.54, 1.807) is 7.11 Å². The highest BCUT2D eigenvalue weighted by atomic mass is 16.5. The van der Waals surface area contributed by atoms with E-state index >= 15 is 0 Å². The Morgan fingerprint density at radius 2 is 1.95 bits per heavy atom. The van der Waals surface area contributed by atoms with Gasteiger partial charge in [-0.15, -0.1) is 0 Å². The minimum atomic E-state index is 0.526. The fourth-order valence-corrected chi connectivity index (χ4v) is 2.36. The van der Waals surface area contributed by atoms with Crippen molar-refractivity contribution in [3.05, 3.63) is 35.4 Å². The van der Waals surface area contributed by atoms with E-state index in [1.165, 1.54) is 11.1 Å². The fourth-order valence-electron chi connectivity index (χ4n) is 2.36. The number of methoxy groups -OCH3 is 1. The smallest absolute Gasteiger partial charge is 0.0487 e. The third kappa shape index (κ3) is 6.51. The van der Waals surface area contributed by atoms with E-state index in [0.717, 1.165) is 45.8 Å². The van der Waals surface area contributed by atoms with Gasteiger partial charge >= 0.3 is 0 Å². The van der Waals surface area contributed by atoms with Gasteiger partial charge in [-0.1, -0.05) is 31.2 Å². The van der Waals surface area contributed by atoms with Crippen LogP contribution in [0.25, 0.3) is 0 Å². The number of hydrogen-bond donors (Lipinski definition) is 1. The minimum absolute atomic E-state index is 0.526. The van der Waals surface area contributed by atoms with Crippen molar-refractivity contribution in [2.45, 2.75) is 32.6 Å². The van der Waals surface area contributed by atoms with Crippen LogP contribution in [0.2, 0.25) is 0 Å². The SMILES string of the molecule is CCNCC(CCOCCCOC)c1ccccc1C. The van der Waals surface area contributed by atoms with Crippen LogP contribution >= 0.6 is 0 Å². The number of rotatable bonds is 11. The normalized spacial score (nSPS) is 12.6. The molecule has 0 aromatic heterocycles. The maximum atomic E-state index is 5.70. The van der Waals surface area contributed by atoms with Gasteiger partial charge in [0.2, 0.25) is 0 Å². The lowest BCUT2D eigenvalue weighted by atomic mass is 9.92. The molecule has 3 heteroatoms. The first-order chi connectivity index (χ1) is 9.79. The molecule has 1 unspecified atom stereocenters. The van der Waals surface area contributed by atoms with Gasteiger partial charge in [-0.2, -0.15) is 0 Å². The van der Waals surface area contributed by atoms with Gasteiger partial charge in [0.15, 0.2) is 0 Å². The molecule has 3 nitrogen and oxygen atoms in total. The molecular formula is C17H29NO2. The molecule has 0 spiro atoms. The summed E-state index contributed by atoms with van der Waals surface area (Å²) >= 11 is 0. The molecule has 1 rings (SSSR count). The third-order valence-corrected chi connectivity index (χ3v) is 3.52. The van der Waals surface area contributed by atoms with E-state index in [2.05, 4.69) is 43.4 Å². The summed E-state index contributed by atoms with van der Waals surface area (Å²) in [7, 11) is 1.73. The number of benzene rings is 1. The van der Waals surface area contributed by atoms with E-state index in [4.69, 9.17) is 9.47 Å². The van der Waals surface area contributed by atoms with Gasteiger partial charge in [0.1, 0.15) is 0 Å². The topological polar surface area (TPSA) is 30.5 Å². The highest BCUT2D eigenvalue weighted by Crippen LogP contribution is 2.22. The van der Waals surface area contributed by atoms with Crippen molar-refractivity contribution in [2.75, 3.05) is 40.0 Å². The number of hydrogen-bond acceptors (Lipinski definition) is 3. The summed E-state index contributed by atoms with van der Waals surface area (Å²) in [6.07, 6.45) is 2.03. The third-order valence-electron chi connectivity index (χ3n) is 3.52. The summed E-state index contributed by atoms with van der Waals surface area (Å²) in [6.45, 7) is 8.74. The zero-order chi connectivity index (χ0) is 14.6. The lowest BCUT2D eigenvalue weighted by Crippen LogP contribution is -2.23. The van der Waals surface area contributed by atoms with Gasteiger partial charge in [-0.05, 0) is 43.4 Å². The fraction of sp³-hybridized carbons (Fsp3) is 0.647. The summed E-state index contributed by atoms with van der Waals surface area (Å²) in [5, 5.41) is 3.46. The molecule has 20 heavy (non-hydrogen) atoms. The van der Waals surface area contributed by atoms with E-state index in [9.17, 15) is 0 Å². The molecule has 0 heterocycles. The zero-order valence-corrected chi connectivity index (χ0v) is 13.2. The standard InChI is InChI=1S/C17H29NO2/c1-4-18-14-16(10-13-20-12-7-11-19-3)17-9-6-5-8-15(17)2/h5-6,8-9,16,18H,4,7,10-14H2,1-3H3. The van der Waals surface area contributed by atoms with Crippen molar-refractivity contribution in [1.82, 2.24) is 5.32 Å². The van der Waals surface area contributed by atoms with Crippen molar-refractivity contribution >= 4 is 0 Å². The van der Waals surface area contributed by atoms with Crippen LogP contribution in [-0.4, -0.2) is 40.0 Å². The maximum Gasteiger partial charge on any atom is 0.0487 e. The number of aryl methyl sites for hydroxylation is 1. The summed E-state index contributed by atoms with van der Waals surface area (Å²) < 4.78 is 10.7. The quantitative estimate of drug-likeness (QED) is 0.631. The van der Waals surface area contributed by atoms with E-state index in [-0.39, 0.29) is 0 Å². The Bertz CT molecular complexity index is 355. The van der Waals surface area contributed by atoms with Crippen molar-refractivity contribution in [2.24, 2.45) is 0 Å². The minimum Gasteiger partial charge on any atom is -0.385 e. The Balaban J connectivity index is 2.42. The van der Waals surface area contributed by atoms with Crippen LogP contribution in [0.15, 0.2) is 24.3 Å². The molecule has 114 valence electrons. The monoisotopic (exact) mass is 279 g/mol. The molecule has 0 radical (unpaired) electrons. The maximum absolute atomic E-state index is 5.70. The first-order valence-electron chi connectivity index (χ1n) is 7.62. The first kappa shape index (κ1) is 17.2. The second-order valence-corrected chi connectivity index (χ2v) is 5.11. The van der Waals surface area contributed by atoms with Crippen LogP contribution in [0.1, 0.15) is 36.8 Å². The van der Waals surface area contributed by atoms with Crippen LogP contribution < -0.4 is 5.32 Å². The Kier molecular flexibility index (Phi) is 9.29. The lowest BCUT2D eigenvalue weighted by Gasteiger charge is -2.20. The van der Waals surface area contributed by atoms with Crippen molar-refractivity contribution in [3.63, 3.8) is 0 Å². The molecule has 1 atom stereocenters. The van der Waals surface area contributed by atoms with E-state index in [1.807, 2.05) is 0 Å². The Hall–Kier alpha value is -0.900. The molecule has 0 amide bonds. The second kappa shape index (κ2) is 10.8. The number of likely N-dealkylation sites (N-methyl/N-ethyl adjacent to an activating group) is 1. The predicted molar refractivity (Wildman–Crippen MR) is 84.4 cm³/mol. The molecule has 1 aromatic carbocycles. The van der Waals surface area contributed by atoms with Crippen LogP contribution in [0.5, 0.6) is 0 Å². The molecular weight excluding hydrogens is 250 g/mol. The van der Waals surface area contributed by atoms with Crippen LogP contribution in [0.4, 0.5) is 0 Å². The van der Waals surface area contributed by atoms with Gasteiger partial charge in [-0.3, -0.25) is 0 Å². The Morgan fingerprint density at radius 1 is 1.15 bits per heavy atom. The molecule has 0 saturated carbocycles. The Labute approximate surface area is 123 Å². The molecule has 0 aliphatic heterocycles. The molecule has 1 N–H and O–H groups in total. The number of ether oxygens (including phenoxy) is 2. The second-order valence-electron chi connectivity index (χ2n) is 5.11. The van der Waals surface area contributed by atoms with Gasteiger partial charge in [0.05, 0.1) is 0 Å². The highest BCUT2D eigenvalue weighted by Gasteiger charge is 2.12.